The van der Waals surface area contributed by atoms with Crippen molar-refractivity contribution in [1.82, 2.24) is 4.90 Å². The maximum Gasteiger partial charge on any atom is 0.335 e. The van der Waals surface area contributed by atoms with Crippen LogP contribution in [0.15, 0.2) is 24.3 Å². The first-order valence-electron chi connectivity index (χ1n) is 7.00. The van der Waals surface area contributed by atoms with Gasteiger partial charge in [-0.15, -0.1) is 0 Å². The molecule has 1 aliphatic carbocycles. The first-order chi connectivity index (χ1) is 9.41. The molecule has 0 spiro atoms. The van der Waals surface area contributed by atoms with Crippen LogP contribution in [0.2, 0.25) is 0 Å². The van der Waals surface area contributed by atoms with Gasteiger partial charge >= 0.3 is 5.97 Å². The van der Waals surface area contributed by atoms with Gasteiger partial charge in [0, 0.05) is 13.1 Å². The molecule has 2 unspecified atom stereocenters. The zero-order chi connectivity index (χ0) is 14.5. The Hall–Kier alpha value is -1.84. The van der Waals surface area contributed by atoms with Gasteiger partial charge in [-0.25, -0.2) is 4.79 Å². The molecule has 106 valence electrons. The number of nitrogens with zero attached hydrogens (tertiary/aromatic N) is 1. The quantitative estimate of drug-likeness (QED) is 0.917. The lowest BCUT2D eigenvalue weighted by atomic mass is 10.0. The van der Waals surface area contributed by atoms with Crippen LogP contribution >= 0.6 is 0 Å². The summed E-state index contributed by atoms with van der Waals surface area (Å²) in [7, 11) is 0. The Balaban J connectivity index is 1.68. The lowest BCUT2D eigenvalue weighted by Crippen LogP contribution is -2.34. The molecule has 0 aromatic heterocycles. The summed E-state index contributed by atoms with van der Waals surface area (Å²) in [4.78, 5) is 25.3. The number of piperidine rings is 1. The second kappa shape index (κ2) is 4.33. The van der Waals surface area contributed by atoms with E-state index in [0.29, 0.717) is 22.8 Å². The largest absolute Gasteiger partial charge is 0.478 e. The van der Waals surface area contributed by atoms with Crippen molar-refractivity contribution in [1.29, 1.82) is 0 Å². The van der Waals surface area contributed by atoms with Crippen molar-refractivity contribution < 1.29 is 14.7 Å². The molecular formula is C16H19NO3. The third-order valence-electron chi connectivity index (χ3n) is 5.06. The third-order valence-corrected chi connectivity index (χ3v) is 5.06. The maximum absolute atomic E-state index is 12.3. The summed E-state index contributed by atoms with van der Waals surface area (Å²) in [6.07, 6.45) is 0.183. The van der Waals surface area contributed by atoms with Crippen LogP contribution in [-0.4, -0.2) is 35.0 Å². The van der Waals surface area contributed by atoms with Gasteiger partial charge in [0.1, 0.15) is 0 Å². The molecule has 0 bridgehead atoms. The summed E-state index contributed by atoms with van der Waals surface area (Å²) in [6.45, 7) is 6.16. The highest BCUT2D eigenvalue weighted by atomic mass is 16.4. The summed E-state index contributed by atoms with van der Waals surface area (Å²) in [5, 5.41) is 9.14. The van der Waals surface area contributed by atoms with E-state index in [0.717, 1.165) is 13.1 Å². The van der Waals surface area contributed by atoms with E-state index < -0.39 is 5.97 Å². The number of amides is 1. The molecule has 4 nitrogen and oxygen atoms in total. The van der Waals surface area contributed by atoms with E-state index in [1.54, 1.807) is 24.3 Å². The van der Waals surface area contributed by atoms with Crippen molar-refractivity contribution in [3.63, 3.8) is 0 Å². The van der Waals surface area contributed by atoms with Crippen LogP contribution in [0.1, 0.15) is 29.8 Å². The number of carbonyl (C=O) groups is 2. The molecule has 2 atom stereocenters. The number of hydrogen-bond acceptors (Lipinski definition) is 2. The predicted octanol–water partition coefficient (Wildman–Crippen LogP) is 2.04. The Morgan fingerprint density at radius 1 is 1.25 bits per heavy atom. The van der Waals surface area contributed by atoms with Gasteiger partial charge < -0.3 is 10.0 Å². The van der Waals surface area contributed by atoms with E-state index in [9.17, 15) is 9.59 Å². The van der Waals surface area contributed by atoms with Crippen LogP contribution in [-0.2, 0) is 11.2 Å². The van der Waals surface area contributed by atoms with Crippen molar-refractivity contribution in [2.75, 3.05) is 13.1 Å². The second-order valence-electron chi connectivity index (χ2n) is 6.47. The fourth-order valence-corrected chi connectivity index (χ4v) is 3.49. The molecule has 1 aromatic rings. The molecule has 2 aliphatic rings. The normalized spacial score (nSPS) is 26.2. The summed E-state index contributed by atoms with van der Waals surface area (Å²) in [5.74, 6) is 0.322. The number of rotatable bonds is 3. The van der Waals surface area contributed by atoms with E-state index in [-0.39, 0.29) is 17.9 Å². The average Bonchev–Trinajstić information content (AvgIpc) is 2.80. The lowest BCUT2D eigenvalue weighted by molar-refractivity contribution is -0.130. The van der Waals surface area contributed by atoms with Crippen LogP contribution in [0.25, 0.3) is 0 Å². The van der Waals surface area contributed by atoms with Crippen LogP contribution in [0.3, 0.4) is 0 Å². The van der Waals surface area contributed by atoms with Gasteiger partial charge in [-0.2, -0.15) is 0 Å². The number of fused-ring (bicyclic) bond motifs is 1. The zero-order valence-corrected chi connectivity index (χ0v) is 11.8. The second-order valence-corrected chi connectivity index (χ2v) is 6.47. The van der Waals surface area contributed by atoms with Gasteiger partial charge in [-0.3, -0.25) is 4.79 Å². The first kappa shape index (κ1) is 13.2. The zero-order valence-electron chi connectivity index (χ0n) is 11.8. The van der Waals surface area contributed by atoms with E-state index in [1.165, 1.54) is 0 Å². The number of benzene rings is 1. The Kier molecular flexibility index (Phi) is 2.85. The fourth-order valence-electron chi connectivity index (χ4n) is 3.49. The summed E-state index contributed by atoms with van der Waals surface area (Å²) >= 11 is 0. The molecule has 4 heteroatoms. The highest BCUT2D eigenvalue weighted by molar-refractivity contribution is 5.91. The molecule has 20 heavy (non-hydrogen) atoms. The van der Waals surface area contributed by atoms with Crippen molar-refractivity contribution in [2.45, 2.75) is 20.3 Å². The Morgan fingerprint density at radius 3 is 2.45 bits per heavy atom. The van der Waals surface area contributed by atoms with Crippen molar-refractivity contribution in [3.8, 4) is 0 Å². The minimum Gasteiger partial charge on any atom is -0.478 e. The number of aromatic carboxylic acids is 1. The third kappa shape index (κ3) is 1.99. The smallest absolute Gasteiger partial charge is 0.335 e. The number of carboxylic acids is 1. The SMILES string of the molecule is CC1(C)C2CN(C(=O)Cc3ccccc3C(=O)O)CC21. The lowest BCUT2D eigenvalue weighted by Gasteiger charge is -2.22. The van der Waals surface area contributed by atoms with Gasteiger partial charge in [0.15, 0.2) is 0 Å². The van der Waals surface area contributed by atoms with Gasteiger partial charge in [-0.1, -0.05) is 32.0 Å². The molecule has 2 fully saturated rings. The number of likely N-dealkylation sites (tertiary alicyclic amines) is 1. The molecule has 1 saturated carbocycles. The number of hydrogen-bond donors (Lipinski definition) is 1. The highest BCUT2D eigenvalue weighted by Gasteiger charge is 2.62. The predicted molar refractivity (Wildman–Crippen MR) is 74.4 cm³/mol. The van der Waals surface area contributed by atoms with Crippen LogP contribution in [0.5, 0.6) is 0 Å². The minimum absolute atomic E-state index is 0.0432. The molecule has 3 rings (SSSR count). The summed E-state index contributed by atoms with van der Waals surface area (Å²) in [5.41, 5.74) is 1.21. The standard InChI is InChI=1S/C16H19NO3/c1-16(2)12-8-17(9-13(12)16)14(18)7-10-5-3-4-6-11(10)15(19)20/h3-6,12-13H,7-9H2,1-2H3,(H,19,20). The van der Waals surface area contributed by atoms with Gasteiger partial charge in [0.05, 0.1) is 12.0 Å². The number of carboxylic acid groups (broad SMARTS) is 1. The molecule has 1 N–H and O–H groups in total. The molecule has 0 radical (unpaired) electrons. The van der Waals surface area contributed by atoms with E-state index in [1.807, 2.05) is 4.90 Å². The molecule has 1 amide bonds. The average molecular weight is 273 g/mol. The monoisotopic (exact) mass is 273 g/mol. The molecule has 1 heterocycles. The Bertz CT molecular complexity index is 565. The summed E-state index contributed by atoms with van der Waals surface area (Å²) < 4.78 is 0. The van der Waals surface area contributed by atoms with E-state index in [2.05, 4.69) is 13.8 Å². The highest BCUT2D eigenvalue weighted by Crippen LogP contribution is 2.61. The van der Waals surface area contributed by atoms with Crippen molar-refractivity contribution >= 4 is 11.9 Å². The number of carbonyl (C=O) groups excluding carboxylic acids is 1. The van der Waals surface area contributed by atoms with Crippen LogP contribution in [0, 0.1) is 17.3 Å². The molecule has 1 aliphatic heterocycles. The molecular weight excluding hydrogens is 254 g/mol. The van der Waals surface area contributed by atoms with Crippen LogP contribution in [0.4, 0.5) is 0 Å². The van der Waals surface area contributed by atoms with E-state index >= 15 is 0 Å². The van der Waals surface area contributed by atoms with E-state index in [4.69, 9.17) is 5.11 Å². The van der Waals surface area contributed by atoms with Crippen molar-refractivity contribution in [3.05, 3.63) is 35.4 Å². The molecule has 1 saturated heterocycles. The Labute approximate surface area is 118 Å². The van der Waals surface area contributed by atoms with Crippen molar-refractivity contribution in [2.24, 2.45) is 17.3 Å². The van der Waals surface area contributed by atoms with Gasteiger partial charge in [0.2, 0.25) is 5.91 Å². The maximum atomic E-state index is 12.3. The fraction of sp³-hybridized carbons (Fsp3) is 0.500. The Morgan fingerprint density at radius 2 is 1.85 bits per heavy atom. The molecule has 1 aromatic carbocycles. The van der Waals surface area contributed by atoms with Gasteiger partial charge in [-0.05, 0) is 28.9 Å². The van der Waals surface area contributed by atoms with Gasteiger partial charge in [0.25, 0.3) is 0 Å². The van der Waals surface area contributed by atoms with Crippen LogP contribution < -0.4 is 0 Å². The summed E-state index contributed by atoms with van der Waals surface area (Å²) in [6, 6.07) is 6.74. The topological polar surface area (TPSA) is 57.6 Å². The minimum atomic E-state index is -0.973. The first-order valence-corrected chi connectivity index (χ1v) is 7.00.